The van der Waals surface area contributed by atoms with Crippen molar-refractivity contribution in [1.82, 2.24) is 14.9 Å². The monoisotopic (exact) mass is 339 g/mol. The molecule has 0 aliphatic heterocycles. The Morgan fingerprint density at radius 1 is 1.17 bits per heavy atom. The molecule has 0 aliphatic carbocycles. The molecule has 24 heavy (non-hydrogen) atoms. The van der Waals surface area contributed by atoms with Crippen LogP contribution in [0.3, 0.4) is 0 Å². The van der Waals surface area contributed by atoms with Crippen molar-refractivity contribution in [3.05, 3.63) is 66.0 Å². The zero-order valence-electron chi connectivity index (χ0n) is 13.9. The summed E-state index contributed by atoms with van der Waals surface area (Å²) >= 11 is 1.55. The Kier molecular flexibility index (Phi) is 5.20. The standard InChI is InChI=1S/C19H21N3OS/c1-14(24-2)19(23)20-11-15-7-9-16(10-8-15)12-22-13-21-17-5-3-4-6-18(17)22/h3-10,13-14H,11-12H2,1-2H3,(H,20,23)/t14-/m0/s1. The molecular formula is C19H21N3OS. The number of fused-ring (bicyclic) bond motifs is 1. The fraction of sp³-hybridized carbons (Fsp3) is 0.263. The average Bonchev–Trinajstić information content (AvgIpc) is 3.03. The summed E-state index contributed by atoms with van der Waals surface area (Å²) in [5.74, 6) is 0.0801. The van der Waals surface area contributed by atoms with Gasteiger partial charge in [-0.3, -0.25) is 4.79 Å². The number of thioether (sulfide) groups is 1. The van der Waals surface area contributed by atoms with E-state index in [1.807, 2.05) is 37.7 Å². The highest BCUT2D eigenvalue weighted by molar-refractivity contribution is 7.99. The van der Waals surface area contributed by atoms with Crippen molar-refractivity contribution in [1.29, 1.82) is 0 Å². The summed E-state index contributed by atoms with van der Waals surface area (Å²) in [6.07, 6.45) is 3.82. The van der Waals surface area contributed by atoms with E-state index in [1.54, 1.807) is 11.8 Å². The molecule has 124 valence electrons. The summed E-state index contributed by atoms with van der Waals surface area (Å²) in [6.45, 7) is 3.27. The number of aromatic nitrogens is 2. The number of para-hydroxylation sites is 2. The van der Waals surface area contributed by atoms with Crippen LogP contribution in [0.1, 0.15) is 18.1 Å². The van der Waals surface area contributed by atoms with Crippen LogP contribution in [0.15, 0.2) is 54.9 Å². The number of carbonyl (C=O) groups excluding carboxylic acids is 1. The van der Waals surface area contributed by atoms with Crippen LogP contribution in [-0.4, -0.2) is 27.0 Å². The minimum Gasteiger partial charge on any atom is -0.351 e. The second kappa shape index (κ2) is 7.53. The fourth-order valence-corrected chi connectivity index (χ4v) is 2.83. The first kappa shape index (κ1) is 16.6. The van der Waals surface area contributed by atoms with Crippen LogP contribution in [-0.2, 0) is 17.9 Å². The molecule has 4 nitrogen and oxygen atoms in total. The molecule has 1 heterocycles. The Morgan fingerprint density at radius 3 is 2.62 bits per heavy atom. The highest BCUT2D eigenvalue weighted by atomic mass is 32.2. The van der Waals surface area contributed by atoms with Gasteiger partial charge in [-0.15, -0.1) is 0 Å². The third kappa shape index (κ3) is 3.79. The molecule has 1 aromatic heterocycles. The van der Waals surface area contributed by atoms with Gasteiger partial charge in [0.15, 0.2) is 0 Å². The number of carbonyl (C=O) groups is 1. The van der Waals surface area contributed by atoms with Crippen molar-refractivity contribution in [2.45, 2.75) is 25.3 Å². The van der Waals surface area contributed by atoms with Crippen LogP contribution in [0.4, 0.5) is 0 Å². The van der Waals surface area contributed by atoms with Gasteiger partial charge < -0.3 is 9.88 Å². The van der Waals surface area contributed by atoms with Gasteiger partial charge in [-0.2, -0.15) is 11.8 Å². The Bertz CT molecular complexity index is 826. The second-order valence-corrected chi connectivity index (χ2v) is 6.95. The van der Waals surface area contributed by atoms with Gasteiger partial charge in [0.1, 0.15) is 0 Å². The average molecular weight is 339 g/mol. The molecule has 0 spiro atoms. The maximum Gasteiger partial charge on any atom is 0.233 e. The van der Waals surface area contributed by atoms with Crippen LogP contribution < -0.4 is 5.32 Å². The Balaban J connectivity index is 1.63. The molecule has 3 rings (SSSR count). The zero-order valence-corrected chi connectivity index (χ0v) is 14.7. The topological polar surface area (TPSA) is 46.9 Å². The minimum absolute atomic E-state index is 0.0150. The van der Waals surface area contributed by atoms with Gasteiger partial charge in [0.25, 0.3) is 0 Å². The van der Waals surface area contributed by atoms with Crippen LogP contribution in [0.2, 0.25) is 0 Å². The Labute approximate surface area is 146 Å². The highest BCUT2D eigenvalue weighted by Crippen LogP contribution is 2.14. The molecule has 0 saturated heterocycles. The normalized spacial score (nSPS) is 12.2. The quantitative estimate of drug-likeness (QED) is 0.748. The van der Waals surface area contributed by atoms with Crippen molar-refractivity contribution in [2.24, 2.45) is 0 Å². The number of hydrogen-bond acceptors (Lipinski definition) is 3. The second-order valence-electron chi connectivity index (χ2n) is 5.77. The van der Waals surface area contributed by atoms with Crippen LogP contribution in [0, 0.1) is 0 Å². The van der Waals surface area contributed by atoms with Gasteiger partial charge in [-0.1, -0.05) is 36.4 Å². The fourth-order valence-electron chi connectivity index (χ4n) is 2.54. The zero-order chi connectivity index (χ0) is 16.9. The molecular weight excluding hydrogens is 318 g/mol. The molecule has 0 fully saturated rings. The van der Waals surface area contributed by atoms with E-state index in [1.165, 1.54) is 5.56 Å². The van der Waals surface area contributed by atoms with Crippen molar-refractivity contribution in [3.8, 4) is 0 Å². The summed E-state index contributed by atoms with van der Waals surface area (Å²) in [5.41, 5.74) is 4.47. The summed E-state index contributed by atoms with van der Waals surface area (Å²) in [6, 6.07) is 16.5. The smallest absolute Gasteiger partial charge is 0.233 e. The van der Waals surface area contributed by atoms with Gasteiger partial charge in [-0.25, -0.2) is 4.98 Å². The third-order valence-corrected chi connectivity index (χ3v) is 5.01. The molecule has 2 aromatic carbocycles. The highest BCUT2D eigenvalue weighted by Gasteiger charge is 2.10. The molecule has 0 bridgehead atoms. The van der Waals surface area contributed by atoms with Crippen LogP contribution >= 0.6 is 11.8 Å². The SMILES string of the molecule is CS[C@@H](C)C(=O)NCc1ccc(Cn2cnc3ccccc32)cc1. The summed E-state index contributed by atoms with van der Waals surface area (Å²) in [7, 11) is 0. The number of nitrogens with zero attached hydrogens (tertiary/aromatic N) is 2. The van der Waals surface area contributed by atoms with Gasteiger partial charge >= 0.3 is 0 Å². The number of amides is 1. The minimum atomic E-state index is -0.0150. The van der Waals surface area contributed by atoms with E-state index in [2.05, 4.69) is 45.2 Å². The maximum atomic E-state index is 11.8. The van der Waals surface area contributed by atoms with E-state index in [9.17, 15) is 4.79 Å². The summed E-state index contributed by atoms with van der Waals surface area (Å²) < 4.78 is 2.15. The van der Waals surface area contributed by atoms with E-state index in [4.69, 9.17) is 0 Å². The molecule has 0 unspecified atom stereocenters. The Morgan fingerprint density at radius 2 is 1.88 bits per heavy atom. The number of nitrogens with one attached hydrogen (secondary N) is 1. The number of rotatable bonds is 6. The van der Waals surface area contributed by atoms with Crippen LogP contribution in [0.5, 0.6) is 0 Å². The predicted octanol–water partition coefficient (Wildman–Crippen LogP) is 3.45. The first-order valence-electron chi connectivity index (χ1n) is 7.95. The maximum absolute atomic E-state index is 11.8. The molecule has 5 heteroatoms. The lowest BCUT2D eigenvalue weighted by Crippen LogP contribution is -2.30. The van der Waals surface area contributed by atoms with Crippen molar-refractivity contribution < 1.29 is 4.79 Å². The third-order valence-electron chi connectivity index (χ3n) is 4.09. The number of hydrogen-bond donors (Lipinski definition) is 1. The molecule has 1 N–H and O–H groups in total. The van der Waals surface area contributed by atoms with E-state index in [0.717, 1.165) is 23.1 Å². The lowest BCUT2D eigenvalue weighted by molar-refractivity contribution is -0.120. The van der Waals surface area contributed by atoms with E-state index >= 15 is 0 Å². The number of imidazole rings is 1. The first-order valence-corrected chi connectivity index (χ1v) is 9.24. The Hall–Kier alpha value is -2.27. The van der Waals surface area contributed by atoms with E-state index in [0.29, 0.717) is 6.54 Å². The van der Waals surface area contributed by atoms with Crippen molar-refractivity contribution in [2.75, 3.05) is 6.26 Å². The lowest BCUT2D eigenvalue weighted by atomic mass is 10.1. The van der Waals surface area contributed by atoms with Gasteiger partial charge in [0, 0.05) is 13.1 Å². The molecule has 1 amide bonds. The molecule has 0 aliphatic rings. The summed E-state index contributed by atoms with van der Waals surface area (Å²) in [5, 5.41) is 2.95. The summed E-state index contributed by atoms with van der Waals surface area (Å²) in [4.78, 5) is 16.2. The lowest BCUT2D eigenvalue weighted by Gasteiger charge is -2.10. The van der Waals surface area contributed by atoms with Crippen molar-refractivity contribution in [3.63, 3.8) is 0 Å². The molecule has 0 saturated carbocycles. The molecule has 3 aromatic rings. The largest absolute Gasteiger partial charge is 0.351 e. The first-order chi connectivity index (χ1) is 11.7. The van der Waals surface area contributed by atoms with E-state index < -0.39 is 0 Å². The van der Waals surface area contributed by atoms with Gasteiger partial charge in [0.05, 0.1) is 22.6 Å². The number of benzene rings is 2. The van der Waals surface area contributed by atoms with Gasteiger partial charge in [0.2, 0.25) is 5.91 Å². The van der Waals surface area contributed by atoms with Gasteiger partial charge in [-0.05, 0) is 36.4 Å². The van der Waals surface area contributed by atoms with Crippen molar-refractivity contribution >= 4 is 28.7 Å². The molecule has 1 atom stereocenters. The predicted molar refractivity (Wildman–Crippen MR) is 100 cm³/mol. The van der Waals surface area contributed by atoms with E-state index in [-0.39, 0.29) is 11.2 Å². The molecule has 0 radical (unpaired) electrons. The van der Waals surface area contributed by atoms with Crippen LogP contribution in [0.25, 0.3) is 11.0 Å².